The van der Waals surface area contributed by atoms with Gasteiger partial charge in [-0.05, 0) is 35.7 Å². The molecule has 0 heterocycles. The average molecular weight is 296 g/mol. The Bertz CT molecular complexity index is 636. The first-order chi connectivity index (χ1) is 10.6. The highest BCUT2D eigenvalue weighted by atomic mass is 16.2. The van der Waals surface area contributed by atoms with Crippen LogP contribution in [0.2, 0.25) is 0 Å². The van der Waals surface area contributed by atoms with Crippen molar-refractivity contribution in [3.05, 3.63) is 65.7 Å². The molecule has 0 aliphatic carbocycles. The number of hydrogen-bond donors (Lipinski definition) is 2. The summed E-state index contributed by atoms with van der Waals surface area (Å²) in [5.41, 5.74) is 2.46. The maximum atomic E-state index is 12.1. The lowest BCUT2D eigenvalue weighted by Gasteiger charge is -2.13. The summed E-state index contributed by atoms with van der Waals surface area (Å²) in [6.07, 6.45) is 0. The van der Waals surface area contributed by atoms with Crippen molar-refractivity contribution in [2.24, 2.45) is 0 Å². The van der Waals surface area contributed by atoms with E-state index >= 15 is 0 Å². The van der Waals surface area contributed by atoms with Crippen LogP contribution in [0.15, 0.2) is 54.6 Å². The minimum Gasteiger partial charge on any atom is -0.351 e. The van der Waals surface area contributed by atoms with E-state index in [1.807, 2.05) is 18.2 Å². The predicted octanol–water partition coefficient (Wildman–Crippen LogP) is 3.18. The van der Waals surface area contributed by atoms with E-state index in [0.29, 0.717) is 17.8 Å². The molecular formula is C18H20N2O2. The van der Waals surface area contributed by atoms with Crippen LogP contribution in [0, 0.1) is 0 Å². The molecule has 0 aliphatic rings. The quantitative estimate of drug-likeness (QED) is 0.890. The Hall–Kier alpha value is -2.62. The lowest BCUT2D eigenvalue weighted by atomic mass is 10.0. The van der Waals surface area contributed by atoms with Crippen molar-refractivity contribution in [3.63, 3.8) is 0 Å². The molecule has 1 atom stereocenters. The maximum absolute atomic E-state index is 12.1. The van der Waals surface area contributed by atoms with Gasteiger partial charge in [0, 0.05) is 24.7 Å². The summed E-state index contributed by atoms with van der Waals surface area (Å²) in [7, 11) is 0. The number of benzene rings is 2. The van der Waals surface area contributed by atoms with E-state index in [1.165, 1.54) is 12.5 Å². The van der Waals surface area contributed by atoms with Gasteiger partial charge in [0.1, 0.15) is 0 Å². The first-order valence-corrected chi connectivity index (χ1v) is 7.27. The van der Waals surface area contributed by atoms with Crippen LogP contribution in [-0.2, 0) is 4.79 Å². The zero-order valence-corrected chi connectivity index (χ0v) is 12.8. The lowest BCUT2D eigenvalue weighted by Crippen LogP contribution is -2.27. The molecule has 0 spiro atoms. The van der Waals surface area contributed by atoms with Crippen molar-refractivity contribution in [2.75, 3.05) is 11.9 Å². The number of rotatable bonds is 5. The monoisotopic (exact) mass is 296 g/mol. The molecule has 2 N–H and O–H groups in total. The largest absolute Gasteiger partial charge is 0.351 e. The Balaban J connectivity index is 1.90. The molecule has 4 heteroatoms. The second-order valence-corrected chi connectivity index (χ2v) is 5.28. The number of carbonyl (C=O) groups is 2. The van der Waals surface area contributed by atoms with E-state index in [0.717, 1.165) is 0 Å². The van der Waals surface area contributed by atoms with Crippen LogP contribution < -0.4 is 10.6 Å². The summed E-state index contributed by atoms with van der Waals surface area (Å²) in [5, 5.41) is 5.60. The van der Waals surface area contributed by atoms with E-state index in [2.05, 4.69) is 29.7 Å². The molecular weight excluding hydrogens is 276 g/mol. The fourth-order valence-electron chi connectivity index (χ4n) is 2.16. The van der Waals surface area contributed by atoms with Gasteiger partial charge in [0.05, 0.1) is 0 Å². The average Bonchev–Trinajstić information content (AvgIpc) is 2.53. The number of amides is 2. The standard InChI is InChI=1S/C18H20N2O2/c1-13(15-6-4-3-5-7-15)12-19-18(22)16-8-10-17(11-9-16)20-14(2)21/h3-11,13H,12H2,1-2H3,(H,19,22)(H,20,21)/t13-/m0/s1. The molecule has 0 fully saturated rings. The summed E-state index contributed by atoms with van der Waals surface area (Å²) in [6.45, 7) is 4.11. The molecule has 2 amide bonds. The highest BCUT2D eigenvalue weighted by molar-refractivity contribution is 5.95. The fourth-order valence-corrected chi connectivity index (χ4v) is 2.16. The van der Waals surface area contributed by atoms with Crippen molar-refractivity contribution in [1.82, 2.24) is 5.32 Å². The topological polar surface area (TPSA) is 58.2 Å². The van der Waals surface area contributed by atoms with Crippen molar-refractivity contribution >= 4 is 17.5 Å². The predicted molar refractivity (Wildman–Crippen MR) is 87.9 cm³/mol. The van der Waals surface area contributed by atoms with Gasteiger partial charge in [-0.15, -0.1) is 0 Å². The Kier molecular flexibility index (Phi) is 5.31. The smallest absolute Gasteiger partial charge is 0.251 e. The van der Waals surface area contributed by atoms with Crippen LogP contribution in [-0.4, -0.2) is 18.4 Å². The van der Waals surface area contributed by atoms with Gasteiger partial charge in [0.15, 0.2) is 0 Å². The molecule has 2 aromatic carbocycles. The Morgan fingerprint density at radius 1 is 1.00 bits per heavy atom. The molecule has 0 aliphatic heterocycles. The summed E-state index contributed by atoms with van der Waals surface area (Å²) >= 11 is 0. The van der Waals surface area contributed by atoms with E-state index in [4.69, 9.17) is 0 Å². The molecule has 22 heavy (non-hydrogen) atoms. The van der Waals surface area contributed by atoms with Gasteiger partial charge in [-0.2, -0.15) is 0 Å². The van der Waals surface area contributed by atoms with E-state index in [-0.39, 0.29) is 17.7 Å². The van der Waals surface area contributed by atoms with Crippen LogP contribution in [0.5, 0.6) is 0 Å². The molecule has 0 radical (unpaired) electrons. The molecule has 0 saturated heterocycles. The van der Waals surface area contributed by atoms with Gasteiger partial charge in [0.2, 0.25) is 5.91 Å². The minimum atomic E-state index is -0.131. The normalized spacial score (nSPS) is 11.5. The van der Waals surface area contributed by atoms with E-state index in [1.54, 1.807) is 24.3 Å². The van der Waals surface area contributed by atoms with E-state index in [9.17, 15) is 9.59 Å². The molecule has 114 valence electrons. The Morgan fingerprint density at radius 2 is 1.64 bits per heavy atom. The van der Waals surface area contributed by atoms with Crippen LogP contribution >= 0.6 is 0 Å². The highest BCUT2D eigenvalue weighted by Gasteiger charge is 2.09. The maximum Gasteiger partial charge on any atom is 0.251 e. The zero-order valence-electron chi connectivity index (χ0n) is 12.8. The number of carbonyl (C=O) groups excluding carboxylic acids is 2. The first-order valence-electron chi connectivity index (χ1n) is 7.27. The number of anilines is 1. The lowest BCUT2D eigenvalue weighted by molar-refractivity contribution is -0.114. The van der Waals surface area contributed by atoms with Gasteiger partial charge < -0.3 is 10.6 Å². The first kappa shape index (κ1) is 15.8. The second-order valence-electron chi connectivity index (χ2n) is 5.28. The van der Waals surface area contributed by atoms with Crippen molar-refractivity contribution in [2.45, 2.75) is 19.8 Å². The third-order valence-corrected chi connectivity index (χ3v) is 3.40. The summed E-state index contributed by atoms with van der Waals surface area (Å²) in [5.74, 6) is 0.00912. The molecule has 2 rings (SSSR count). The fraction of sp³-hybridized carbons (Fsp3) is 0.222. The van der Waals surface area contributed by atoms with Crippen molar-refractivity contribution in [3.8, 4) is 0 Å². The molecule has 4 nitrogen and oxygen atoms in total. The third kappa shape index (κ3) is 4.45. The molecule has 0 unspecified atom stereocenters. The summed E-state index contributed by atoms with van der Waals surface area (Å²) in [4.78, 5) is 23.1. The van der Waals surface area contributed by atoms with Gasteiger partial charge in [-0.1, -0.05) is 37.3 Å². The van der Waals surface area contributed by atoms with Gasteiger partial charge in [-0.25, -0.2) is 0 Å². The number of nitrogens with one attached hydrogen (secondary N) is 2. The molecule has 0 bridgehead atoms. The van der Waals surface area contributed by atoms with Crippen LogP contribution in [0.3, 0.4) is 0 Å². The van der Waals surface area contributed by atoms with E-state index < -0.39 is 0 Å². The Morgan fingerprint density at radius 3 is 2.23 bits per heavy atom. The second kappa shape index (κ2) is 7.41. The van der Waals surface area contributed by atoms with Crippen LogP contribution in [0.1, 0.15) is 35.7 Å². The Labute approximate surface area is 130 Å². The zero-order chi connectivity index (χ0) is 15.9. The van der Waals surface area contributed by atoms with Crippen molar-refractivity contribution < 1.29 is 9.59 Å². The minimum absolute atomic E-state index is 0.114. The summed E-state index contributed by atoms with van der Waals surface area (Å²) in [6, 6.07) is 16.9. The van der Waals surface area contributed by atoms with Gasteiger partial charge in [0.25, 0.3) is 5.91 Å². The van der Waals surface area contributed by atoms with Gasteiger partial charge in [-0.3, -0.25) is 9.59 Å². The van der Waals surface area contributed by atoms with Crippen LogP contribution in [0.25, 0.3) is 0 Å². The third-order valence-electron chi connectivity index (χ3n) is 3.40. The highest BCUT2D eigenvalue weighted by Crippen LogP contribution is 2.14. The molecule has 0 saturated carbocycles. The van der Waals surface area contributed by atoms with Crippen molar-refractivity contribution in [1.29, 1.82) is 0 Å². The molecule has 0 aromatic heterocycles. The SMILES string of the molecule is CC(=O)Nc1ccc(C(=O)NC[C@H](C)c2ccccc2)cc1. The van der Waals surface area contributed by atoms with Crippen LogP contribution in [0.4, 0.5) is 5.69 Å². The number of hydrogen-bond acceptors (Lipinski definition) is 2. The summed E-state index contributed by atoms with van der Waals surface area (Å²) < 4.78 is 0. The van der Waals surface area contributed by atoms with Gasteiger partial charge >= 0.3 is 0 Å². The molecule has 2 aromatic rings.